The van der Waals surface area contributed by atoms with Gasteiger partial charge in [0.15, 0.2) is 0 Å². The maximum atomic E-state index is 13.4. The van der Waals surface area contributed by atoms with Gasteiger partial charge in [0, 0.05) is 55.5 Å². The van der Waals surface area contributed by atoms with Crippen molar-refractivity contribution in [1.82, 2.24) is 9.88 Å². The number of piperazine rings is 1. The summed E-state index contributed by atoms with van der Waals surface area (Å²) in [6, 6.07) is 15.0. The highest BCUT2D eigenvalue weighted by Crippen LogP contribution is 2.43. The predicted octanol–water partition coefficient (Wildman–Crippen LogP) is 4.12. The molecule has 2 saturated heterocycles. The van der Waals surface area contributed by atoms with Gasteiger partial charge in [-0.25, -0.2) is 0 Å². The van der Waals surface area contributed by atoms with Gasteiger partial charge in [-0.1, -0.05) is 17.7 Å². The summed E-state index contributed by atoms with van der Waals surface area (Å²) in [7, 11) is 3.60. The number of hydrogen-bond donors (Lipinski definition) is 1. The summed E-state index contributed by atoms with van der Waals surface area (Å²) in [5.74, 6) is -1.44. The number of benzene rings is 2. The van der Waals surface area contributed by atoms with Gasteiger partial charge in [-0.3, -0.25) is 19.5 Å². The number of amides is 1. The molecule has 1 atom stereocenters. The van der Waals surface area contributed by atoms with Crippen LogP contribution in [0.4, 0.5) is 11.4 Å². The van der Waals surface area contributed by atoms with E-state index in [9.17, 15) is 14.7 Å². The lowest BCUT2D eigenvalue weighted by atomic mass is 9.96. The van der Waals surface area contributed by atoms with Crippen molar-refractivity contribution in [1.29, 1.82) is 0 Å². The third-order valence-corrected chi connectivity index (χ3v) is 7.20. The first-order chi connectivity index (χ1) is 17.9. The number of aliphatic hydroxyl groups excluding tert-OH is 1. The van der Waals surface area contributed by atoms with Crippen LogP contribution in [-0.2, 0) is 9.59 Å². The largest absolute Gasteiger partial charge is 0.507 e. The molecule has 0 aliphatic carbocycles. The van der Waals surface area contributed by atoms with Crippen LogP contribution in [0.1, 0.15) is 17.2 Å². The van der Waals surface area contributed by atoms with Crippen LogP contribution in [0, 0.1) is 0 Å². The second-order valence-electron chi connectivity index (χ2n) is 9.11. The Morgan fingerprint density at radius 2 is 1.73 bits per heavy atom. The number of ketones is 1. The topological polar surface area (TPSA) is 86.2 Å². The van der Waals surface area contributed by atoms with Gasteiger partial charge in [-0.05, 0) is 61.1 Å². The molecular formula is C28H27ClN4O4. The molecule has 2 aromatic carbocycles. The first-order valence-corrected chi connectivity index (χ1v) is 12.3. The van der Waals surface area contributed by atoms with Gasteiger partial charge in [0.25, 0.3) is 11.7 Å². The molecule has 0 radical (unpaired) electrons. The number of carbonyl (C=O) groups is 2. The number of likely N-dealkylation sites (N-methyl/N-ethyl adjacent to an activating group) is 1. The number of aromatic nitrogens is 1. The van der Waals surface area contributed by atoms with Crippen molar-refractivity contribution in [2.45, 2.75) is 6.04 Å². The van der Waals surface area contributed by atoms with Crippen LogP contribution >= 0.6 is 11.6 Å². The third-order valence-electron chi connectivity index (χ3n) is 6.87. The SMILES string of the molecule is COc1ccc(Cl)c(/C(O)=C2\C(=O)C(=O)N(c3ccc(N4CCN(C)CC4)cc3)C2c2cccnc2)c1. The van der Waals surface area contributed by atoms with Gasteiger partial charge in [0.05, 0.1) is 23.7 Å². The van der Waals surface area contributed by atoms with E-state index in [0.29, 0.717) is 17.0 Å². The normalized spacial score (nSPS) is 19.9. The second kappa shape index (κ2) is 10.2. The number of nitrogens with zero attached hydrogens (tertiary/aromatic N) is 4. The first kappa shape index (κ1) is 24.8. The Bertz CT molecular complexity index is 1350. The maximum Gasteiger partial charge on any atom is 0.300 e. The fourth-order valence-electron chi connectivity index (χ4n) is 4.80. The van der Waals surface area contributed by atoms with Crippen LogP contribution in [0.25, 0.3) is 5.76 Å². The predicted molar refractivity (Wildman–Crippen MR) is 143 cm³/mol. The van der Waals surface area contributed by atoms with Crippen molar-refractivity contribution < 1.29 is 19.4 Å². The molecule has 190 valence electrons. The summed E-state index contributed by atoms with van der Waals surface area (Å²) >= 11 is 6.38. The van der Waals surface area contributed by atoms with E-state index in [-0.39, 0.29) is 21.9 Å². The molecule has 1 N–H and O–H groups in total. The lowest BCUT2D eigenvalue weighted by Crippen LogP contribution is -2.44. The summed E-state index contributed by atoms with van der Waals surface area (Å²) in [4.78, 5) is 37.0. The summed E-state index contributed by atoms with van der Waals surface area (Å²) in [6.45, 7) is 3.78. The zero-order valence-electron chi connectivity index (χ0n) is 20.6. The number of carbonyl (C=O) groups excluding carboxylic acids is 2. The molecule has 2 aliphatic rings. The van der Waals surface area contributed by atoms with Gasteiger partial charge in [0.1, 0.15) is 11.5 Å². The fraction of sp³-hybridized carbons (Fsp3) is 0.250. The highest BCUT2D eigenvalue weighted by Gasteiger charge is 2.47. The lowest BCUT2D eigenvalue weighted by Gasteiger charge is -2.34. The van der Waals surface area contributed by atoms with Crippen molar-refractivity contribution in [2.75, 3.05) is 50.1 Å². The molecule has 0 bridgehead atoms. The van der Waals surface area contributed by atoms with E-state index in [0.717, 1.165) is 31.9 Å². The zero-order chi connectivity index (χ0) is 26.1. The van der Waals surface area contributed by atoms with Crippen LogP contribution in [0.5, 0.6) is 5.75 Å². The number of aliphatic hydroxyl groups is 1. The van der Waals surface area contributed by atoms with E-state index < -0.39 is 17.7 Å². The molecule has 8 nitrogen and oxygen atoms in total. The lowest BCUT2D eigenvalue weighted by molar-refractivity contribution is -0.132. The number of ether oxygens (including phenoxy) is 1. The van der Waals surface area contributed by atoms with Crippen LogP contribution in [0.3, 0.4) is 0 Å². The molecule has 5 rings (SSSR count). The molecule has 9 heteroatoms. The number of hydrogen-bond acceptors (Lipinski definition) is 7. The van der Waals surface area contributed by atoms with E-state index in [1.165, 1.54) is 18.1 Å². The van der Waals surface area contributed by atoms with Crippen LogP contribution in [-0.4, -0.2) is 67.0 Å². The Balaban J connectivity index is 1.59. The molecule has 0 saturated carbocycles. The Labute approximate surface area is 220 Å². The molecule has 1 amide bonds. The minimum Gasteiger partial charge on any atom is -0.507 e. The van der Waals surface area contributed by atoms with E-state index >= 15 is 0 Å². The molecule has 1 aromatic heterocycles. The standard InChI is InChI=1S/C28H27ClN4O4/c1-31-12-14-32(15-13-31)19-5-7-20(8-6-19)33-25(18-4-3-11-30-17-18)24(27(35)28(33)36)26(34)22-16-21(37-2)9-10-23(22)29/h3-11,16-17,25,34H,12-15H2,1-2H3/b26-24+. The monoisotopic (exact) mass is 518 g/mol. The average molecular weight is 519 g/mol. The number of pyridine rings is 1. The van der Waals surface area contributed by atoms with Crippen molar-refractivity contribution in [3.8, 4) is 5.75 Å². The number of anilines is 2. The van der Waals surface area contributed by atoms with Gasteiger partial charge >= 0.3 is 0 Å². The smallest absolute Gasteiger partial charge is 0.300 e. The molecule has 2 aliphatic heterocycles. The Morgan fingerprint density at radius 1 is 1.03 bits per heavy atom. The quantitative estimate of drug-likeness (QED) is 0.309. The Kier molecular flexibility index (Phi) is 6.86. The maximum absolute atomic E-state index is 13.4. The van der Waals surface area contributed by atoms with Crippen LogP contribution < -0.4 is 14.5 Å². The van der Waals surface area contributed by atoms with Crippen molar-refractivity contribution in [3.05, 3.63) is 88.7 Å². The van der Waals surface area contributed by atoms with Gasteiger partial charge in [-0.2, -0.15) is 0 Å². The Hall–Kier alpha value is -3.88. The first-order valence-electron chi connectivity index (χ1n) is 12.0. The minimum absolute atomic E-state index is 0.0590. The van der Waals surface area contributed by atoms with E-state index in [4.69, 9.17) is 16.3 Å². The summed E-state index contributed by atoms with van der Waals surface area (Å²) in [6.07, 6.45) is 3.20. The summed E-state index contributed by atoms with van der Waals surface area (Å²) in [5.41, 5.74) is 2.33. The third kappa shape index (κ3) is 4.65. The van der Waals surface area contributed by atoms with Gasteiger partial charge in [-0.15, -0.1) is 0 Å². The molecule has 2 fully saturated rings. The zero-order valence-corrected chi connectivity index (χ0v) is 21.4. The van der Waals surface area contributed by atoms with Gasteiger partial charge < -0.3 is 19.6 Å². The number of rotatable bonds is 5. The number of methoxy groups -OCH3 is 1. The minimum atomic E-state index is -0.884. The van der Waals surface area contributed by atoms with E-state index in [1.807, 2.05) is 24.3 Å². The number of Topliss-reactive ketones (excluding diaryl/α,β-unsaturated/α-hetero) is 1. The van der Waals surface area contributed by atoms with E-state index in [2.05, 4.69) is 21.8 Å². The van der Waals surface area contributed by atoms with Crippen molar-refractivity contribution in [2.24, 2.45) is 0 Å². The Morgan fingerprint density at radius 3 is 2.38 bits per heavy atom. The van der Waals surface area contributed by atoms with Crippen molar-refractivity contribution >= 4 is 40.4 Å². The molecule has 3 aromatic rings. The molecular weight excluding hydrogens is 492 g/mol. The average Bonchev–Trinajstić information content (AvgIpc) is 3.19. The van der Waals surface area contributed by atoms with Crippen LogP contribution in [0.15, 0.2) is 72.6 Å². The highest BCUT2D eigenvalue weighted by atomic mass is 35.5. The fourth-order valence-corrected chi connectivity index (χ4v) is 5.01. The van der Waals surface area contributed by atoms with Crippen LogP contribution in [0.2, 0.25) is 5.02 Å². The summed E-state index contributed by atoms with van der Waals surface area (Å²) < 4.78 is 5.27. The van der Waals surface area contributed by atoms with Crippen molar-refractivity contribution in [3.63, 3.8) is 0 Å². The molecule has 0 spiro atoms. The molecule has 37 heavy (non-hydrogen) atoms. The molecule has 3 heterocycles. The second-order valence-corrected chi connectivity index (χ2v) is 9.52. The van der Waals surface area contributed by atoms with E-state index in [1.54, 1.807) is 36.7 Å². The van der Waals surface area contributed by atoms with Gasteiger partial charge in [0.2, 0.25) is 0 Å². The molecule has 1 unspecified atom stereocenters. The summed E-state index contributed by atoms with van der Waals surface area (Å²) in [5, 5.41) is 11.6. The number of halogens is 1. The highest BCUT2D eigenvalue weighted by molar-refractivity contribution is 6.52.